The second kappa shape index (κ2) is 8.24. The molecule has 0 saturated carbocycles. The van der Waals surface area contributed by atoms with E-state index in [9.17, 15) is 9.65 Å². The van der Waals surface area contributed by atoms with Crippen LogP contribution in [-0.2, 0) is 13.1 Å². The number of rotatable bonds is 4. The first-order valence-electron chi connectivity index (χ1n) is 8.84. The Balaban J connectivity index is 1.65. The van der Waals surface area contributed by atoms with Crippen LogP contribution in [0.5, 0.6) is 0 Å². The summed E-state index contributed by atoms with van der Waals surface area (Å²) in [5.74, 6) is -0.275. The lowest BCUT2D eigenvalue weighted by atomic mass is 10.1. The molecule has 25 heavy (non-hydrogen) atoms. The van der Waals surface area contributed by atoms with E-state index in [0.717, 1.165) is 38.2 Å². The summed E-state index contributed by atoms with van der Waals surface area (Å²) in [6, 6.07) is 17.7. The van der Waals surface area contributed by atoms with Gasteiger partial charge in [0.05, 0.1) is 11.6 Å². The molecule has 0 bridgehead atoms. The molecule has 1 saturated heterocycles. The van der Waals surface area contributed by atoms with Gasteiger partial charge in [-0.25, -0.2) is 4.39 Å². The molecule has 1 fully saturated rings. The van der Waals surface area contributed by atoms with Gasteiger partial charge in [0.15, 0.2) is 0 Å². The predicted octanol–water partition coefficient (Wildman–Crippen LogP) is 3.79. The van der Waals surface area contributed by atoms with Gasteiger partial charge in [-0.1, -0.05) is 30.3 Å². The largest absolute Gasteiger partial charge is 0.298 e. The number of nitrogens with zero attached hydrogens (tertiary/aromatic N) is 3. The molecule has 4 heteroatoms. The SMILES string of the molecule is CC1CCN(Cc2cc(F)ccc2C#N)CCN1Cc1ccccc1. The number of halogens is 1. The molecule has 0 aliphatic carbocycles. The van der Waals surface area contributed by atoms with Gasteiger partial charge in [0.25, 0.3) is 0 Å². The van der Waals surface area contributed by atoms with Crippen molar-refractivity contribution < 1.29 is 4.39 Å². The average Bonchev–Trinajstić information content (AvgIpc) is 2.79. The topological polar surface area (TPSA) is 30.3 Å². The zero-order chi connectivity index (χ0) is 17.6. The maximum absolute atomic E-state index is 13.5. The Kier molecular flexibility index (Phi) is 5.80. The number of hydrogen-bond donors (Lipinski definition) is 0. The van der Waals surface area contributed by atoms with E-state index in [-0.39, 0.29) is 5.82 Å². The van der Waals surface area contributed by atoms with Gasteiger partial charge in [-0.2, -0.15) is 5.26 Å². The molecule has 2 aromatic rings. The van der Waals surface area contributed by atoms with Crippen LogP contribution in [0.2, 0.25) is 0 Å². The summed E-state index contributed by atoms with van der Waals surface area (Å²) in [6.07, 6.45) is 1.07. The van der Waals surface area contributed by atoms with Crippen molar-refractivity contribution in [2.24, 2.45) is 0 Å². The molecule has 1 aliphatic heterocycles. The Hall–Kier alpha value is -2.22. The number of hydrogen-bond acceptors (Lipinski definition) is 3. The van der Waals surface area contributed by atoms with Gasteiger partial charge in [-0.05, 0) is 42.7 Å². The lowest BCUT2D eigenvalue weighted by Gasteiger charge is -2.26. The molecule has 2 aromatic carbocycles. The maximum atomic E-state index is 13.5. The first-order chi connectivity index (χ1) is 12.2. The molecule has 3 nitrogen and oxygen atoms in total. The lowest BCUT2D eigenvalue weighted by molar-refractivity contribution is 0.205. The Morgan fingerprint density at radius 3 is 2.64 bits per heavy atom. The second-order valence-corrected chi connectivity index (χ2v) is 6.78. The zero-order valence-corrected chi connectivity index (χ0v) is 14.7. The molecular weight excluding hydrogens is 313 g/mol. The monoisotopic (exact) mass is 337 g/mol. The molecular formula is C21H24FN3. The summed E-state index contributed by atoms with van der Waals surface area (Å²) in [7, 11) is 0. The Bertz CT molecular complexity index is 739. The second-order valence-electron chi connectivity index (χ2n) is 6.78. The highest BCUT2D eigenvalue weighted by Crippen LogP contribution is 2.18. The van der Waals surface area contributed by atoms with Crippen LogP contribution in [0.25, 0.3) is 0 Å². The van der Waals surface area contributed by atoms with E-state index in [1.54, 1.807) is 6.07 Å². The zero-order valence-electron chi connectivity index (χ0n) is 14.7. The van der Waals surface area contributed by atoms with Gasteiger partial charge >= 0.3 is 0 Å². The van der Waals surface area contributed by atoms with Gasteiger partial charge in [0.2, 0.25) is 0 Å². The fourth-order valence-corrected chi connectivity index (χ4v) is 3.41. The Morgan fingerprint density at radius 1 is 1.08 bits per heavy atom. The standard InChI is InChI=1S/C21H24FN3/c1-17-9-10-24(16-20-13-21(22)8-7-19(20)14-23)11-12-25(17)15-18-5-3-2-4-6-18/h2-8,13,17H,9-12,15-16H2,1H3. The minimum atomic E-state index is -0.275. The van der Waals surface area contributed by atoms with Crippen LogP contribution in [0.1, 0.15) is 30.0 Å². The van der Waals surface area contributed by atoms with E-state index in [4.69, 9.17) is 0 Å². The van der Waals surface area contributed by atoms with Crippen molar-refractivity contribution in [1.29, 1.82) is 5.26 Å². The summed E-state index contributed by atoms with van der Waals surface area (Å²) in [6.45, 7) is 6.74. The highest BCUT2D eigenvalue weighted by Gasteiger charge is 2.21. The van der Waals surface area contributed by atoms with Crippen LogP contribution >= 0.6 is 0 Å². The third-order valence-electron chi connectivity index (χ3n) is 5.00. The number of benzene rings is 2. The van der Waals surface area contributed by atoms with Crippen molar-refractivity contribution in [2.75, 3.05) is 19.6 Å². The summed E-state index contributed by atoms with van der Waals surface area (Å²) in [4.78, 5) is 4.84. The van der Waals surface area contributed by atoms with Crippen molar-refractivity contribution in [3.05, 3.63) is 71.0 Å². The first kappa shape index (κ1) is 17.6. The summed E-state index contributed by atoms with van der Waals surface area (Å²) >= 11 is 0. The van der Waals surface area contributed by atoms with Crippen LogP contribution in [0, 0.1) is 17.1 Å². The molecule has 1 aliphatic rings. The normalized spacial score (nSPS) is 19.3. The van der Waals surface area contributed by atoms with Crippen LogP contribution in [0.3, 0.4) is 0 Å². The van der Waals surface area contributed by atoms with Crippen molar-refractivity contribution >= 4 is 0 Å². The van der Waals surface area contributed by atoms with Gasteiger partial charge in [-0.3, -0.25) is 9.80 Å². The summed E-state index contributed by atoms with van der Waals surface area (Å²) < 4.78 is 13.5. The Morgan fingerprint density at radius 2 is 1.88 bits per heavy atom. The fourth-order valence-electron chi connectivity index (χ4n) is 3.41. The quantitative estimate of drug-likeness (QED) is 0.850. The molecule has 0 amide bonds. The van der Waals surface area contributed by atoms with Gasteiger partial charge in [-0.15, -0.1) is 0 Å². The molecule has 0 spiro atoms. The molecule has 1 heterocycles. The summed E-state index contributed by atoms with van der Waals surface area (Å²) in [5, 5.41) is 9.24. The minimum absolute atomic E-state index is 0.275. The van der Waals surface area contributed by atoms with Crippen LogP contribution in [-0.4, -0.2) is 35.5 Å². The molecule has 1 atom stereocenters. The van der Waals surface area contributed by atoms with Crippen LogP contribution in [0.4, 0.5) is 4.39 Å². The van der Waals surface area contributed by atoms with Crippen LogP contribution < -0.4 is 0 Å². The van der Waals surface area contributed by atoms with Crippen molar-refractivity contribution in [3.63, 3.8) is 0 Å². The van der Waals surface area contributed by atoms with E-state index in [0.29, 0.717) is 18.2 Å². The Labute approximate surface area is 149 Å². The van der Waals surface area contributed by atoms with Crippen molar-refractivity contribution in [1.82, 2.24) is 9.80 Å². The third-order valence-corrected chi connectivity index (χ3v) is 5.00. The van der Waals surface area contributed by atoms with Gasteiger partial charge in [0, 0.05) is 38.8 Å². The van der Waals surface area contributed by atoms with E-state index < -0.39 is 0 Å². The molecule has 130 valence electrons. The van der Waals surface area contributed by atoms with Crippen molar-refractivity contribution in [2.45, 2.75) is 32.5 Å². The lowest BCUT2D eigenvalue weighted by Crippen LogP contribution is -2.34. The first-order valence-corrected chi connectivity index (χ1v) is 8.84. The molecule has 0 aromatic heterocycles. The molecule has 0 N–H and O–H groups in total. The molecule has 0 radical (unpaired) electrons. The van der Waals surface area contributed by atoms with E-state index >= 15 is 0 Å². The smallest absolute Gasteiger partial charge is 0.123 e. The molecule has 1 unspecified atom stereocenters. The number of nitriles is 1. The van der Waals surface area contributed by atoms with E-state index in [1.165, 1.54) is 17.7 Å². The highest BCUT2D eigenvalue weighted by atomic mass is 19.1. The summed E-state index contributed by atoms with van der Waals surface area (Å²) in [5.41, 5.74) is 2.69. The maximum Gasteiger partial charge on any atom is 0.123 e. The van der Waals surface area contributed by atoms with Gasteiger partial charge in [0.1, 0.15) is 5.82 Å². The van der Waals surface area contributed by atoms with Gasteiger partial charge < -0.3 is 0 Å². The van der Waals surface area contributed by atoms with Crippen LogP contribution in [0.15, 0.2) is 48.5 Å². The van der Waals surface area contributed by atoms with E-state index in [1.807, 2.05) is 6.07 Å². The highest BCUT2D eigenvalue weighted by molar-refractivity contribution is 5.37. The van der Waals surface area contributed by atoms with E-state index in [2.05, 4.69) is 47.1 Å². The molecule has 3 rings (SSSR count). The predicted molar refractivity (Wildman–Crippen MR) is 97.3 cm³/mol. The van der Waals surface area contributed by atoms with Crippen molar-refractivity contribution in [3.8, 4) is 6.07 Å². The fraction of sp³-hybridized carbons (Fsp3) is 0.381. The average molecular weight is 337 g/mol. The minimum Gasteiger partial charge on any atom is -0.298 e. The third kappa shape index (κ3) is 4.66.